The number of amides is 1. The topological polar surface area (TPSA) is 68.3 Å². The highest BCUT2D eigenvalue weighted by atomic mass is 32.1. The van der Waals surface area contributed by atoms with Gasteiger partial charge in [0.1, 0.15) is 5.01 Å². The van der Waals surface area contributed by atoms with E-state index in [9.17, 15) is 9.59 Å². The van der Waals surface area contributed by atoms with Gasteiger partial charge in [-0.25, -0.2) is 4.98 Å². The van der Waals surface area contributed by atoms with E-state index in [2.05, 4.69) is 29.4 Å². The minimum absolute atomic E-state index is 0.0712. The summed E-state index contributed by atoms with van der Waals surface area (Å²) in [6.07, 6.45) is 2.79. The zero-order valence-corrected chi connectivity index (χ0v) is 16.4. The van der Waals surface area contributed by atoms with E-state index in [0.29, 0.717) is 5.69 Å². The second kappa shape index (κ2) is 10.1. The molecule has 140 valence electrons. The van der Waals surface area contributed by atoms with Crippen LogP contribution in [-0.4, -0.2) is 29.5 Å². The van der Waals surface area contributed by atoms with Crippen LogP contribution in [0.25, 0.3) is 10.6 Å². The van der Waals surface area contributed by atoms with Crippen molar-refractivity contribution in [1.29, 1.82) is 0 Å². The number of carbonyl (C=O) groups is 2. The molecule has 1 amide bonds. The van der Waals surface area contributed by atoms with E-state index < -0.39 is 5.97 Å². The van der Waals surface area contributed by atoms with Gasteiger partial charge < -0.3 is 10.1 Å². The molecule has 0 saturated heterocycles. The summed E-state index contributed by atoms with van der Waals surface area (Å²) in [4.78, 5) is 28.2. The molecule has 0 fully saturated rings. The van der Waals surface area contributed by atoms with Crippen LogP contribution >= 0.6 is 11.3 Å². The van der Waals surface area contributed by atoms with E-state index in [1.54, 1.807) is 0 Å². The highest BCUT2D eigenvalue weighted by Crippen LogP contribution is 2.24. The van der Waals surface area contributed by atoms with Crippen molar-refractivity contribution in [1.82, 2.24) is 10.3 Å². The molecule has 0 atom stereocenters. The van der Waals surface area contributed by atoms with Gasteiger partial charge >= 0.3 is 5.97 Å². The van der Waals surface area contributed by atoms with E-state index in [1.165, 1.54) is 16.9 Å². The highest BCUT2D eigenvalue weighted by molar-refractivity contribution is 7.13. The quantitative estimate of drug-likeness (QED) is 0.679. The summed E-state index contributed by atoms with van der Waals surface area (Å²) >= 11 is 1.50. The third-order valence-corrected chi connectivity index (χ3v) is 5.14. The first kappa shape index (κ1) is 20.1. The molecule has 1 aromatic carbocycles. The molecule has 0 unspecified atom stereocenters. The number of nitrogens with one attached hydrogen (secondary N) is 1. The van der Waals surface area contributed by atoms with E-state index in [1.807, 2.05) is 31.4 Å². The molecule has 0 aliphatic carbocycles. The lowest BCUT2D eigenvalue weighted by atomic mass is 10.1. The third-order valence-electron chi connectivity index (χ3n) is 4.20. The minimum atomic E-state index is -0.442. The Kier molecular flexibility index (Phi) is 7.78. The van der Waals surface area contributed by atoms with Gasteiger partial charge in [0.15, 0.2) is 6.61 Å². The summed E-state index contributed by atoms with van der Waals surface area (Å²) in [6.45, 7) is 5.89. The fraction of sp³-hybridized carbons (Fsp3) is 0.450. The van der Waals surface area contributed by atoms with Crippen LogP contribution < -0.4 is 5.32 Å². The van der Waals surface area contributed by atoms with Gasteiger partial charge in [0.25, 0.3) is 5.91 Å². The number of aromatic nitrogens is 1. The molecule has 1 heterocycles. The fourth-order valence-electron chi connectivity index (χ4n) is 2.51. The molecular formula is C20H26N2O3S. The smallest absolute Gasteiger partial charge is 0.312 e. The number of hydrogen-bond donors (Lipinski definition) is 1. The molecule has 1 aromatic heterocycles. The van der Waals surface area contributed by atoms with Crippen LogP contribution in [0.3, 0.4) is 0 Å². The van der Waals surface area contributed by atoms with Gasteiger partial charge in [0.2, 0.25) is 0 Å². The van der Waals surface area contributed by atoms with Gasteiger partial charge in [-0.15, -0.1) is 11.3 Å². The Hall–Kier alpha value is -2.21. The molecule has 5 nitrogen and oxygen atoms in total. The average molecular weight is 375 g/mol. The zero-order chi connectivity index (χ0) is 18.9. The SMILES string of the molecule is CCc1ccc(-c2nc(CC(=O)OCC(=O)NC(CC)CC)cs2)cc1. The first-order valence-electron chi connectivity index (χ1n) is 9.04. The number of aryl methyl sites for hydroxylation is 1. The van der Waals surface area contributed by atoms with Gasteiger partial charge in [0.05, 0.1) is 12.1 Å². The summed E-state index contributed by atoms with van der Waals surface area (Å²) in [7, 11) is 0. The maximum Gasteiger partial charge on any atom is 0.312 e. The first-order valence-corrected chi connectivity index (χ1v) is 9.92. The summed E-state index contributed by atoms with van der Waals surface area (Å²) in [5.41, 5.74) is 2.98. The molecular weight excluding hydrogens is 348 g/mol. The Morgan fingerprint density at radius 3 is 2.46 bits per heavy atom. The fourth-order valence-corrected chi connectivity index (χ4v) is 3.34. The molecule has 2 aromatic rings. The summed E-state index contributed by atoms with van der Waals surface area (Å²) in [5.74, 6) is -0.704. The standard InChI is InChI=1S/C20H26N2O3S/c1-4-14-7-9-15(10-8-14)20-22-17(13-26-20)11-19(24)25-12-18(23)21-16(5-2)6-3/h7-10,13,16H,4-6,11-12H2,1-3H3,(H,21,23). The largest absolute Gasteiger partial charge is 0.455 e. The Morgan fingerprint density at radius 1 is 1.15 bits per heavy atom. The summed E-state index contributed by atoms with van der Waals surface area (Å²) in [6, 6.07) is 8.39. The molecule has 0 radical (unpaired) electrons. The van der Waals surface area contributed by atoms with Crippen LogP contribution in [0.5, 0.6) is 0 Å². The Morgan fingerprint density at radius 2 is 1.85 bits per heavy atom. The van der Waals surface area contributed by atoms with Gasteiger partial charge in [-0.2, -0.15) is 0 Å². The van der Waals surface area contributed by atoms with Crippen LogP contribution in [-0.2, 0) is 27.2 Å². The van der Waals surface area contributed by atoms with Gasteiger partial charge in [0, 0.05) is 17.0 Å². The first-order chi connectivity index (χ1) is 12.5. The number of hydrogen-bond acceptors (Lipinski definition) is 5. The molecule has 1 N–H and O–H groups in total. The van der Waals surface area contributed by atoms with Crippen molar-refractivity contribution in [3.63, 3.8) is 0 Å². The van der Waals surface area contributed by atoms with Crippen molar-refractivity contribution < 1.29 is 14.3 Å². The number of nitrogens with zero attached hydrogens (tertiary/aromatic N) is 1. The van der Waals surface area contributed by atoms with E-state index in [0.717, 1.165) is 29.8 Å². The van der Waals surface area contributed by atoms with Crippen molar-refractivity contribution >= 4 is 23.2 Å². The van der Waals surface area contributed by atoms with Crippen molar-refractivity contribution in [2.45, 2.75) is 52.5 Å². The number of thiazole rings is 1. The lowest BCUT2D eigenvalue weighted by Gasteiger charge is -2.14. The summed E-state index contributed by atoms with van der Waals surface area (Å²) in [5, 5.41) is 5.57. The molecule has 0 saturated carbocycles. The van der Waals surface area contributed by atoms with Crippen LogP contribution in [0.4, 0.5) is 0 Å². The molecule has 2 rings (SSSR count). The molecule has 0 spiro atoms. The second-order valence-corrected chi connectivity index (χ2v) is 6.97. The van der Waals surface area contributed by atoms with Crippen LogP contribution in [0.1, 0.15) is 44.9 Å². The van der Waals surface area contributed by atoms with Crippen molar-refractivity contribution in [2.24, 2.45) is 0 Å². The van der Waals surface area contributed by atoms with Crippen molar-refractivity contribution in [3.05, 3.63) is 40.9 Å². The van der Waals surface area contributed by atoms with Gasteiger partial charge in [-0.1, -0.05) is 45.0 Å². The molecule has 0 bridgehead atoms. The van der Waals surface area contributed by atoms with Crippen molar-refractivity contribution in [2.75, 3.05) is 6.61 Å². The van der Waals surface area contributed by atoms with Crippen LogP contribution in [0, 0.1) is 0 Å². The summed E-state index contributed by atoms with van der Waals surface area (Å²) < 4.78 is 5.06. The zero-order valence-electron chi connectivity index (χ0n) is 15.6. The van der Waals surface area contributed by atoms with Gasteiger partial charge in [-0.3, -0.25) is 9.59 Å². The predicted molar refractivity (Wildman–Crippen MR) is 104 cm³/mol. The Bertz CT molecular complexity index is 721. The molecule has 0 aliphatic rings. The number of ether oxygens (including phenoxy) is 1. The molecule has 26 heavy (non-hydrogen) atoms. The van der Waals surface area contributed by atoms with E-state index in [4.69, 9.17) is 4.74 Å². The van der Waals surface area contributed by atoms with Crippen molar-refractivity contribution in [3.8, 4) is 10.6 Å². The number of benzene rings is 1. The lowest BCUT2D eigenvalue weighted by molar-refractivity contribution is -0.148. The van der Waals surface area contributed by atoms with E-state index in [-0.39, 0.29) is 25.0 Å². The third kappa shape index (κ3) is 5.95. The maximum absolute atomic E-state index is 11.9. The number of esters is 1. The van der Waals surface area contributed by atoms with E-state index >= 15 is 0 Å². The van der Waals surface area contributed by atoms with Crippen LogP contribution in [0.15, 0.2) is 29.6 Å². The number of carbonyl (C=O) groups excluding carboxylic acids is 2. The minimum Gasteiger partial charge on any atom is -0.455 e. The molecule has 6 heteroatoms. The highest BCUT2D eigenvalue weighted by Gasteiger charge is 2.13. The Balaban J connectivity index is 1.84. The lowest BCUT2D eigenvalue weighted by Crippen LogP contribution is -2.37. The Labute approximate surface area is 158 Å². The maximum atomic E-state index is 11.9. The van der Waals surface area contributed by atoms with Crippen LogP contribution in [0.2, 0.25) is 0 Å². The van der Waals surface area contributed by atoms with Gasteiger partial charge in [-0.05, 0) is 24.8 Å². The monoisotopic (exact) mass is 374 g/mol. The second-order valence-electron chi connectivity index (χ2n) is 6.11. The normalized spacial score (nSPS) is 10.8. The predicted octanol–water partition coefficient (Wildman–Crippen LogP) is 3.76. The average Bonchev–Trinajstić information content (AvgIpc) is 3.12. The number of rotatable bonds is 9. The molecule has 0 aliphatic heterocycles.